The number of aryl methyl sites for hydroxylation is 2. The Balaban J connectivity index is 2.15. The number of rotatable bonds is 4. The Bertz CT molecular complexity index is 575. The number of carboxylic acids is 1. The molecule has 0 atom stereocenters. The van der Waals surface area contributed by atoms with Crippen LogP contribution in [0.1, 0.15) is 25.7 Å². The molecule has 2 aromatic rings. The molecule has 0 aliphatic carbocycles. The topological polar surface area (TPSA) is 49.3 Å². The maximum Gasteiger partial charge on any atom is 0.337 e. The van der Waals surface area contributed by atoms with Gasteiger partial charge in [-0.15, -0.1) is 11.3 Å². The Labute approximate surface area is 110 Å². The molecule has 0 amide bonds. The number of benzene rings is 1. The Morgan fingerprint density at radius 1 is 1.33 bits per heavy atom. The van der Waals surface area contributed by atoms with Gasteiger partial charge < -0.3 is 10.4 Å². The molecule has 1 heterocycles. The number of carboxylic acid groups (broad SMARTS) is 1. The fourth-order valence-corrected chi connectivity index (χ4v) is 2.82. The van der Waals surface area contributed by atoms with Crippen LogP contribution in [0.25, 0.3) is 0 Å². The molecule has 0 saturated heterocycles. The van der Waals surface area contributed by atoms with E-state index in [4.69, 9.17) is 5.11 Å². The van der Waals surface area contributed by atoms with Crippen molar-refractivity contribution in [2.45, 2.75) is 20.4 Å². The lowest BCUT2D eigenvalue weighted by atomic mass is 10.1. The predicted molar refractivity (Wildman–Crippen MR) is 74.5 cm³/mol. The van der Waals surface area contributed by atoms with Crippen molar-refractivity contribution in [3.8, 4) is 0 Å². The van der Waals surface area contributed by atoms with E-state index in [0.717, 1.165) is 0 Å². The first-order chi connectivity index (χ1) is 8.58. The molecule has 0 bridgehead atoms. The van der Waals surface area contributed by atoms with Gasteiger partial charge in [0.05, 0.1) is 5.56 Å². The second-order valence-electron chi connectivity index (χ2n) is 4.14. The molecule has 1 aromatic carbocycles. The van der Waals surface area contributed by atoms with Gasteiger partial charge in [0, 0.05) is 22.0 Å². The van der Waals surface area contributed by atoms with Crippen LogP contribution in [0.2, 0.25) is 0 Å². The van der Waals surface area contributed by atoms with Crippen molar-refractivity contribution in [1.82, 2.24) is 0 Å². The van der Waals surface area contributed by atoms with Crippen LogP contribution in [0.3, 0.4) is 0 Å². The van der Waals surface area contributed by atoms with Crippen LogP contribution in [0.5, 0.6) is 0 Å². The van der Waals surface area contributed by atoms with Crippen molar-refractivity contribution < 1.29 is 9.90 Å². The summed E-state index contributed by atoms with van der Waals surface area (Å²) in [4.78, 5) is 13.6. The monoisotopic (exact) mass is 261 g/mol. The Morgan fingerprint density at radius 2 is 2.06 bits per heavy atom. The highest BCUT2D eigenvalue weighted by atomic mass is 32.1. The zero-order valence-electron chi connectivity index (χ0n) is 10.4. The summed E-state index contributed by atoms with van der Waals surface area (Å²) < 4.78 is 0. The molecule has 1 aromatic heterocycles. The molecule has 0 saturated carbocycles. The van der Waals surface area contributed by atoms with Crippen LogP contribution in [0, 0.1) is 13.8 Å². The third-order valence-electron chi connectivity index (χ3n) is 2.77. The van der Waals surface area contributed by atoms with Gasteiger partial charge >= 0.3 is 5.97 Å². The van der Waals surface area contributed by atoms with Gasteiger partial charge in [0.15, 0.2) is 0 Å². The lowest BCUT2D eigenvalue weighted by Crippen LogP contribution is -2.06. The van der Waals surface area contributed by atoms with E-state index >= 15 is 0 Å². The number of hydrogen-bond donors (Lipinski definition) is 2. The number of para-hydroxylation sites is 1. The fraction of sp³-hybridized carbons (Fsp3) is 0.214. The summed E-state index contributed by atoms with van der Waals surface area (Å²) in [5, 5.41) is 12.3. The van der Waals surface area contributed by atoms with E-state index in [0.29, 0.717) is 17.8 Å². The average molecular weight is 261 g/mol. The summed E-state index contributed by atoms with van der Waals surface area (Å²) in [7, 11) is 0. The molecule has 2 rings (SSSR count). The summed E-state index contributed by atoms with van der Waals surface area (Å²) >= 11 is 1.76. The molecule has 94 valence electrons. The number of nitrogens with one attached hydrogen (secondary N) is 1. The first-order valence-electron chi connectivity index (χ1n) is 5.70. The molecule has 0 fully saturated rings. The van der Waals surface area contributed by atoms with Crippen molar-refractivity contribution in [3.05, 3.63) is 51.2 Å². The zero-order chi connectivity index (χ0) is 13.1. The predicted octanol–water partition coefficient (Wildman–Crippen LogP) is 3.68. The maximum absolute atomic E-state index is 11.1. The van der Waals surface area contributed by atoms with Crippen LogP contribution >= 0.6 is 11.3 Å². The molecule has 0 spiro atoms. The van der Waals surface area contributed by atoms with Crippen molar-refractivity contribution in [2.24, 2.45) is 0 Å². The highest BCUT2D eigenvalue weighted by molar-refractivity contribution is 7.12. The fourth-order valence-electron chi connectivity index (χ4n) is 1.87. The largest absolute Gasteiger partial charge is 0.478 e. The van der Waals surface area contributed by atoms with Crippen LogP contribution in [-0.2, 0) is 6.54 Å². The van der Waals surface area contributed by atoms with Gasteiger partial charge in [0.1, 0.15) is 0 Å². The van der Waals surface area contributed by atoms with Crippen molar-refractivity contribution in [2.75, 3.05) is 5.32 Å². The van der Waals surface area contributed by atoms with Crippen LogP contribution in [0.15, 0.2) is 30.3 Å². The highest BCUT2D eigenvalue weighted by Crippen LogP contribution is 2.22. The molecule has 0 aliphatic heterocycles. The lowest BCUT2D eigenvalue weighted by Gasteiger charge is -2.09. The van der Waals surface area contributed by atoms with Crippen molar-refractivity contribution in [3.63, 3.8) is 0 Å². The molecule has 0 aliphatic rings. The van der Waals surface area contributed by atoms with E-state index in [1.54, 1.807) is 29.5 Å². The average Bonchev–Trinajstić information content (AvgIpc) is 2.65. The standard InChI is InChI=1S/C14H15NO2S/c1-9-7-11(10(2)18-9)8-15-13-6-4-3-5-12(13)14(16)17/h3-7,15H,8H2,1-2H3,(H,16,17). The van der Waals surface area contributed by atoms with Gasteiger partial charge in [-0.2, -0.15) is 0 Å². The van der Waals surface area contributed by atoms with E-state index in [1.165, 1.54) is 15.3 Å². The molecule has 3 nitrogen and oxygen atoms in total. The van der Waals surface area contributed by atoms with Gasteiger partial charge in [-0.1, -0.05) is 12.1 Å². The van der Waals surface area contributed by atoms with E-state index in [2.05, 4.69) is 25.2 Å². The second kappa shape index (κ2) is 5.23. The summed E-state index contributed by atoms with van der Waals surface area (Å²) in [5.74, 6) is -0.906. The Hall–Kier alpha value is -1.81. The minimum absolute atomic E-state index is 0.308. The molecular formula is C14H15NO2S. The van der Waals surface area contributed by atoms with E-state index in [-0.39, 0.29) is 0 Å². The van der Waals surface area contributed by atoms with Gasteiger partial charge in [-0.3, -0.25) is 0 Å². The second-order valence-corrected chi connectivity index (χ2v) is 5.60. The molecule has 2 N–H and O–H groups in total. The normalized spacial score (nSPS) is 10.3. The van der Waals surface area contributed by atoms with Gasteiger partial charge in [0.25, 0.3) is 0 Å². The molecular weight excluding hydrogens is 246 g/mol. The summed E-state index contributed by atoms with van der Waals surface area (Å²) in [6, 6.07) is 9.10. The van der Waals surface area contributed by atoms with Gasteiger partial charge in [0.2, 0.25) is 0 Å². The SMILES string of the molecule is Cc1cc(CNc2ccccc2C(=O)O)c(C)s1. The lowest BCUT2D eigenvalue weighted by molar-refractivity contribution is 0.0698. The number of hydrogen-bond acceptors (Lipinski definition) is 3. The third-order valence-corrected chi connectivity index (χ3v) is 3.78. The molecule has 18 heavy (non-hydrogen) atoms. The third kappa shape index (κ3) is 2.71. The number of aromatic carboxylic acids is 1. The van der Waals surface area contributed by atoms with Crippen molar-refractivity contribution >= 4 is 23.0 Å². The molecule has 0 radical (unpaired) electrons. The molecule has 0 unspecified atom stereocenters. The summed E-state index contributed by atoms with van der Waals surface area (Å²) in [5.41, 5.74) is 2.19. The van der Waals surface area contributed by atoms with E-state index in [9.17, 15) is 4.79 Å². The summed E-state index contributed by atoms with van der Waals surface area (Å²) in [6.45, 7) is 4.81. The molecule has 4 heteroatoms. The highest BCUT2D eigenvalue weighted by Gasteiger charge is 2.09. The Kier molecular flexibility index (Phi) is 3.67. The van der Waals surface area contributed by atoms with Crippen LogP contribution < -0.4 is 5.32 Å². The smallest absolute Gasteiger partial charge is 0.337 e. The number of carbonyl (C=O) groups is 1. The Morgan fingerprint density at radius 3 is 2.67 bits per heavy atom. The van der Waals surface area contributed by atoms with Crippen LogP contribution in [-0.4, -0.2) is 11.1 Å². The van der Waals surface area contributed by atoms with Crippen molar-refractivity contribution in [1.29, 1.82) is 0 Å². The number of anilines is 1. The van der Waals surface area contributed by atoms with E-state index < -0.39 is 5.97 Å². The summed E-state index contributed by atoms with van der Waals surface area (Å²) in [6.07, 6.45) is 0. The van der Waals surface area contributed by atoms with E-state index in [1.807, 2.05) is 6.07 Å². The first-order valence-corrected chi connectivity index (χ1v) is 6.51. The number of thiophene rings is 1. The minimum Gasteiger partial charge on any atom is -0.478 e. The maximum atomic E-state index is 11.1. The van der Waals surface area contributed by atoms with Gasteiger partial charge in [-0.25, -0.2) is 4.79 Å². The first kappa shape index (κ1) is 12.6. The van der Waals surface area contributed by atoms with Crippen LogP contribution in [0.4, 0.5) is 5.69 Å². The minimum atomic E-state index is -0.906. The quantitative estimate of drug-likeness (QED) is 0.882. The van der Waals surface area contributed by atoms with Gasteiger partial charge in [-0.05, 0) is 37.6 Å². The zero-order valence-corrected chi connectivity index (χ0v) is 11.2.